The Morgan fingerprint density at radius 2 is 1.56 bits per heavy atom. The van der Waals surface area contributed by atoms with Crippen molar-refractivity contribution in [2.45, 2.75) is 33.7 Å². The average Bonchev–Trinajstić information content (AvgIpc) is 3.23. The number of hydrogen-bond acceptors (Lipinski definition) is 3. The average molecular weight is 497 g/mol. The van der Waals surface area contributed by atoms with Crippen molar-refractivity contribution >= 4 is 34.1 Å². The highest BCUT2D eigenvalue weighted by atomic mass is 35.5. The summed E-state index contributed by atoms with van der Waals surface area (Å²) < 4.78 is 15.8. The monoisotopic (exact) mass is 496 g/mol. The summed E-state index contributed by atoms with van der Waals surface area (Å²) >= 11 is 6.21. The molecule has 0 N–H and O–H groups in total. The molecule has 1 aliphatic rings. The number of aromatic nitrogens is 3. The number of anilines is 2. The molecule has 3 heterocycles. The molecule has 0 bridgehead atoms. The van der Waals surface area contributed by atoms with Crippen molar-refractivity contribution < 1.29 is 4.39 Å². The predicted molar refractivity (Wildman–Crippen MR) is 146 cm³/mol. The van der Waals surface area contributed by atoms with Crippen molar-refractivity contribution in [1.29, 1.82) is 0 Å². The van der Waals surface area contributed by atoms with Gasteiger partial charge in [-0.25, -0.2) is 14.4 Å². The Morgan fingerprint density at radius 3 is 2.22 bits per heavy atom. The summed E-state index contributed by atoms with van der Waals surface area (Å²) in [6, 6.07) is 16.9. The van der Waals surface area contributed by atoms with E-state index in [0.717, 1.165) is 35.7 Å². The zero-order valence-corrected chi connectivity index (χ0v) is 21.3. The Hall–Kier alpha value is -3.70. The van der Waals surface area contributed by atoms with Crippen LogP contribution in [-0.4, -0.2) is 21.1 Å². The summed E-state index contributed by atoms with van der Waals surface area (Å²) in [5.41, 5.74) is 10.4. The van der Waals surface area contributed by atoms with E-state index in [1.54, 1.807) is 12.1 Å². The molecule has 0 fully saturated rings. The maximum absolute atomic E-state index is 13.3. The smallest absolute Gasteiger partial charge is 0.229 e. The van der Waals surface area contributed by atoms with Crippen molar-refractivity contribution in [3.63, 3.8) is 0 Å². The number of nitrogens with zero attached hydrogens (tertiary/aromatic N) is 4. The molecule has 1 aliphatic heterocycles. The molecule has 6 rings (SSSR count). The van der Waals surface area contributed by atoms with Gasteiger partial charge in [0.1, 0.15) is 5.82 Å². The van der Waals surface area contributed by atoms with E-state index < -0.39 is 0 Å². The molecule has 4 nitrogen and oxygen atoms in total. The van der Waals surface area contributed by atoms with Gasteiger partial charge >= 0.3 is 0 Å². The SMILES string of the molecule is CCc1c(C)c2c3c(cc(C)n3CCN2c2ncc(-c3ccc(F)cc3)cn2)c1-c1ccc(Cl)cc1. The minimum Gasteiger partial charge on any atom is -0.341 e. The van der Waals surface area contributed by atoms with E-state index >= 15 is 0 Å². The summed E-state index contributed by atoms with van der Waals surface area (Å²) in [5.74, 6) is 0.424. The molecule has 6 heteroatoms. The van der Waals surface area contributed by atoms with E-state index in [4.69, 9.17) is 21.6 Å². The summed E-state index contributed by atoms with van der Waals surface area (Å²) in [4.78, 5) is 11.8. The number of benzene rings is 3. The topological polar surface area (TPSA) is 34.0 Å². The molecule has 0 spiro atoms. The second-order valence-corrected chi connectivity index (χ2v) is 9.75. The normalized spacial score (nSPS) is 13.0. The van der Waals surface area contributed by atoms with Crippen LogP contribution in [0.2, 0.25) is 5.02 Å². The van der Waals surface area contributed by atoms with E-state index in [9.17, 15) is 4.39 Å². The highest BCUT2D eigenvalue weighted by molar-refractivity contribution is 6.30. The third-order valence-electron chi connectivity index (χ3n) is 7.27. The van der Waals surface area contributed by atoms with Crippen molar-refractivity contribution in [3.05, 3.63) is 94.7 Å². The van der Waals surface area contributed by atoms with Gasteiger partial charge in [-0.2, -0.15) is 0 Å². The molecular formula is C30H26ClFN4. The molecule has 180 valence electrons. The summed E-state index contributed by atoms with van der Waals surface area (Å²) in [5, 5.41) is 1.99. The number of rotatable bonds is 4. The molecule has 36 heavy (non-hydrogen) atoms. The van der Waals surface area contributed by atoms with Crippen LogP contribution in [0.4, 0.5) is 16.0 Å². The van der Waals surface area contributed by atoms with Gasteiger partial charge in [0.25, 0.3) is 0 Å². The van der Waals surface area contributed by atoms with Gasteiger partial charge in [-0.3, -0.25) is 0 Å². The van der Waals surface area contributed by atoms with Crippen LogP contribution in [0, 0.1) is 19.7 Å². The fraction of sp³-hybridized carbons (Fsp3) is 0.200. The highest BCUT2D eigenvalue weighted by Gasteiger charge is 2.29. The van der Waals surface area contributed by atoms with E-state index in [1.807, 2.05) is 24.5 Å². The molecule has 0 amide bonds. The van der Waals surface area contributed by atoms with Crippen molar-refractivity contribution in [1.82, 2.24) is 14.5 Å². The third kappa shape index (κ3) is 3.58. The van der Waals surface area contributed by atoms with Crippen LogP contribution < -0.4 is 4.90 Å². The standard InChI is InChI=1S/C30H26ClFN4/c1-4-25-19(3)28-29-26(27(25)21-5-9-23(31)10-6-21)15-18(2)35(29)13-14-36(28)30-33-16-22(17-34-30)20-7-11-24(32)12-8-20/h5-12,15-17H,4,13-14H2,1-3H3. The van der Waals surface area contributed by atoms with Crippen LogP contribution in [0.25, 0.3) is 33.2 Å². The molecule has 5 aromatic rings. The quantitative estimate of drug-likeness (QED) is 0.253. The van der Waals surface area contributed by atoms with Crippen molar-refractivity contribution in [2.24, 2.45) is 0 Å². The molecule has 0 saturated carbocycles. The lowest BCUT2D eigenvalue weighted by molar-refractivity contribution is 0.628. The molecule has 0 aliphatic carbocycles. The first-order chi connectivity index (χ1) is 17.5. The number of halogens is 2. The Bertz CT molecular complexity index is 1590. The second kappa shape index (κ2) is 8.75. The third-order valence-corrected chi connectivity index (χ3v) is 7.52. The first-order valence-electron chi connectivity index (χ1n) is 12.2. The zero-order chi connectivity index (χ0) is 25.0. The minimum absolute atomic E-state index is 0.254. The van der Waals surface area contributed by atoms with E-state index in [-0.39, 0.29) is 5.82 Å². The molecule has 3 aromatic carbocycles. The predicted octanol–water partition coefficient (Wildman–Crippen LogP) is 7.89. The van der Waals surface area contributed by atoms with Gasteiger partial charge in [0, 0.05) is 47.1 Å². The maximum Gasteiger partial charge on any atom is 0.229 e. The Balaban J connectivity index is 1.52. The van der Waals surface area contributed by atoms with E-state index in [1.165, 1.54) is 56.7 Å². The lowest BCUT2D eigenvalue weighted by Gasteiger charge is -2.33. The second-order valence-electron chi connectivity index (χ2n) is 9.32. The fourth-order valence-electron chi connectivity index (χ4n) is 5.56. The highest BCUT2D eigenvalue weighted by Crippen LogP contribution is 2.46. The largest absolute Gasteiger partial charge is 0.341 e. The Kier molecular flexibility index (Phi) is 5.53. The van der Waals surface area contributed by atoms with Crippen molar-refractivity contribution in [2.75, 3.05) is 11.4 Å². The molecule has 0 atom stereocenters. The molecule has 2 aromatic heterocycles. The number of aryl methyl sites for hydroxylation is 1. The summed E-state index contributed by atoms with van der Waals surface area (Å²) in [7, 11) is 0. The Morgan fingerprint density at radius 1 is 0.889 bits per heavy atom. The summed E-state index contributed by atoms with van der Waals surface area (Å²) in [6.07, 6.45) is 4.56. The first-order valence-corrected chi connectivity index (χ1v) is 12.6. The van der Waals surface area contributed by atoms with Crippen LogP contribution in [-0.2, 0) is 13.0 Å². The van der Waals surface area contributed by atoms with Gasteiger partial charge in [0.05, 0.1) is 11.2 Å². The van der Waals surface area contributed by atoms with Gasteiger partial charge in [0.15, 0.2) is 0 Å². The molecule has 0 unspecified atom stereocenters. The minimum atomic E-state index is -0.254. The first kappa shape index (κ1) is 22.7. The zero-order valence-electron chi connectivity index (χ0n) is 20.5. The van der Waals surface area contributed by atoms with Crippen LogP contribution in [0.15, 0.2) is 67.0 Å². The Labute approximate surface area is 215 Å². The lowest BCUT2D eigenvalue weighted by atomic mass is 9.89. The van der Waals surface area contributed by atoms with Crippen molar-refractivity contribution in [3.8, 4) is 22.3 Å². The van der Waals surface area contributed by atoms with Crippen LogP contribution in [0.3, 0.4) is 0 Å². The van der Waals surface area contributed by atoms with Gasteiger partial charge < -0.3 is 9.47 Å². The van der Waals surface area contributed by atoms with Gasteiger partial charge in [-0.15, -0.1) is 0 Å². The van der Waals surface area contributed by atoms with Crippen LogP contribution in [0.5, 0.6) is 0 Å². The molecular weight excluding hydrogens is 471 g/mol. The molecule has 0 radical (unpaired) electrons. The van der Waals surface area contributed by atoms with E-state index in [2.05, 4.69) is 48.4 Å². The summed E-state index contributed by atoms with van der Waals surface area (Å²) in [6.45, 7) is 8.25. The van der Waals surface area contributed by atoms with E-state index in [0.29, 0.717) is 5.95 Å². The van der Waals surface area contributed by atoms with Gasteiger partial charge in [-0.05, 0) is 78.4 Å². The van der Waals surface area contributed by atoms with Gasteiger partial charge in [0.2, 0.25) is 5.95 Å². The van der Waals surface area contributed by atoms with Crippen LogP contribution in [0.1, 0.15) is 23.7 Å². The van der Waals surface area contributed by atoms with Crippen LogP contribution >= 0.6 is 11.6 Å². The molecule has 0 saturated heterocycles. The fourth-order valence-corrected chi connectivity index (χ4v) is 5.69. The lowest BCUT2D eigenvalue weighted by Crippen LogP contribution is -2.30. The number of hydrogen-bond donors (Lipinski definition) is 0. The maximum atomic E-state index is 13.3. The van der Waals surface area contributed by atoms with Gasteiger partial charge in [-0.1, -0.05) is 42.8 Å².